The number of ether oxygens (including phenoxy) is 2. The Hall–Kier alpha value is -1.73. The van der Waals surface area contributed by atoms with Crippen LogP contribution in [0.1, 0.15) is 55.0 Å². The number of nitrogens with zero attached hydrogens (tertiary/aromatic N) is 1. The molecule has 1 unspecified atom stereocenters. The molecule has 2 fully saturated rings. The Labute approximate surface area is 217 Å². The molecule has 1 aliphatic carbocycles. The molecule has 192 valence electrons. The van der Waals surface area contributed by atoms with Crippen LogP contribution in [0.25, 0.3) is 0 Å². The molecule has 0 aromatic heterocycles. The number of piperidine rings is 1. The highest BCUT2D eigenvalue weighted by Crippen LogP contribution is 2.34. The van der Waals surface area contributed by atoms with Crippen LogP contribution in [-0.4, -0.2) is 46.2 Å². The van der Waals surface area contributed by atoms with Crippen molar-refractivity contribution in [2.24, 2.45) is 11.8 Å². The summed E-state index contributed by atoms with van der Waals surface area (Å²) in [6.45, 7) is 6.13. The van der Waals surface area contributed by atoms with Gasteiger partial charge in [-0.15, -0.1) is 0 Å². The molecule has 0 radical (unpaired) electrons. The quantitative estimate of drug-likeness (QED) is 0.311. The van der Waals surface area contributed by atoms with Crippen molar-refractivity contribution in [3.8, 4) is 5.75 Å². The third kappa shape index (κ3) is 7.39. The lowest BCUT2D eigenvalue weighted by atomic mass is 9.96. The maximum Gasteiger partial charge on any atom is 0.133 e. The first-order valence-electron chi connectivity index (χ1n) is 13.3. The van der Waals surface area contributed by atoms with Crippen molar-refractivity contribution in [2.45, 2.75) is 51.3 Å². The number of rotatable bonds is 10. The fraction of sp³-hybridized carbons (Fsp3) is 0.586. The maximum absolute atomic E-state index is 6.18. The maximum atomic E-state index is 6.18. The Bertz CT molecular complexity index is 915. The van der Waals surface area contributed by atoms with E-state index < -0.39 is 0 Å². The van der Waals surface area contributed by atoms with E-state index in [1.165, 1.54) is 54.5 Å². The van der Waals surface area contributed by atoms with Gasteiger partial charge in [0.15, 0.2) is 0 Å². The molecule has 2 aromatic rings. The molecule has 3 aliphatic rings. The van der Waals surface area contributed by atoms with Crippen molar-refractivity contribution in [3.05, 3.63) is 59.2 Å². The molecule has 2 aromatic carbocycles. The van der Waals surface area contributed by atoms with Crippen LogP contribution in [0, 0.1) is 11.8 Å². The number of fused-ring (bicyclic) bond motifs is 1. The number of nitrogens with one attached hydrogen (secondary N) is 2. The van der Waals surface area contributed by atoms with Crippen LogP contribution in [0.15, 0.2) is 42.5 Å². The van der Waals surface area contributed by atoms with Gasteiger partial charge in [-0.3, -0.25) is 5.32 Å². The van der Waals surface area contributed by atoms with Crippen LogP contribution < -0.4 is 20.3 Å². The number of para-hydroxylation sites is 1. The Morgan fingerprint density at radius 1 is 1.06 bits per heavy atom. The van der Waals surface area contributed by atoms with Gasteiger partial charge in [-0.25, -0.2) is 0 Å². The largest absolute Gasteiger partial charge is 0.493 e. The summed E-state index contributed by atoms with van der Waals surface area (Å²) in [5.41, 5.74) is 5.31. The van der Waals surface area contributed by atoms with E-state index in [1.807, 2.05) is 7.11 Å². The second-order valence-electron chi connectivity index (χ2n) is 9.99. The molecule has 1 saturated carbocycles. The highest BCUT2D eigenvalue weighted by molar-refractivity contribution is 7.79. The predicted octanol–water partition coefficient (Wildman–Crippen LogP) is 5.21. The van der Waals surface area contributed by atoms with E-state index in [9.17, 15) is 0 Å². The van der Waals surface area contributed by atoms with Crippen LogP contribution in [0.4, 0.5) is 5.69 Å². The minimum atomic E-state index is -0.0443. The van der Waals surface area contributed by atoms with Gasteiger partial charge in [-0.05, 0) is 99.0 Å². The van der Waals surface area contributed by atoms with E-state index in [2.05, 4.69) is 70.6 Å². The summed E-state index contributed by atoms with van der Waals surface area (Å²) in [4.78, 5) is 2.52. The van der Waals surface area contributed by atoms with Crippen LogP contribution in [-0.2, 0) is 17.7 Å². The molecule has 1 saturated heterocycles. The number of thiol groups is 1. The van der Waals surface area contributed by atoms with Gasteiger partial charge in [0.05, 0.1) is 6.61 Å². The van der Waals surface area contributed by atoms with Crippen molar-refractivity contribution in [1.29, 1.82) is 0 Å². The highest BCUT2D eigenvalue weighted by atomic mass is 32.1. The normalized spacial score (nSPS) is 18.9. The van der Waals surface area contributed by atoms with Gasteiger partial charge >= 0.3 is 0 Å². The first-order valence-corrected chi connectivity index (χ1v) is 14.2. The molecular formula is C29H43N3O2S. The number of hydrogen-bond donors (Lipinski definition) is 3. The van der Waals surface area contributed by atoms with E-state index in [1.54, 1.807) is 6.26 Å². The van der Waals surface area contributed by atoms with Gasteiger partial charge in [0, 0.05) is 38.0 Å². The zero-order valence-electron chi connectivity index (χ0n) is 21.5. The lowest BCUT2D eigenvalue weighted by Gasteiger charge is -2.33. The van der Waals surface area contributed by atoms with Gasteiger partial charge in [0.1, 0.15) is 12.0 Å². The molecule has 2 N–H and O–H groups in total. The smallest absolute Gasteiger partial charge is 0.133 e. The Balaban J connectivity index is 0.00000141. The standard InChI is InChI=1S/C28H39N3O2.CH4S/c1-32-28(30-18-21-12-14-29-15-13-21)24-10-11-26-23(17-24)6-4-16-31(26)19-25-5-2-3-7-27(25)33-20-22-8-9-22;1-2/h2-3,5,7,10-11,17,21-22,28-30H,4,6,8-9,12-16,18-20H2,1H3;2H,1H3. The zero-order chi connectivity index (χ0) is 24.5. The molecule has 0 bridgehead atoms. The van der Waals surface area contributed by atoms with E-state index in [0.29, 0.717) is 0 Å². The van der Waals surface area contributed by atoms with Crippen molar-refractivity contribution < 1.29 is 9.47 Å². The summed E-state index contributed by atoms with van der Waals surface area (Å²) in [5.74, 6) is 2.55. The molecule has 5 nitrogen and oxygen atoms in total. The molecule has 2 heterocycles. The van der Waals surface area contributed by atoms with Gasteiger partial charge in [0.25, 0.3) is 0 Å². The van der Waals surface area contributed by atoms with E-state index in [4.69, 9.17) is 9.47 Å². The van der Waals surface area contributed by atoms with Crippen LogP contribution in [0.5, 0.6) is 5.75 Å². The monoisotopic (exact) mass is 497 g/mol. The Kier molecular flexibility index (Phi) is 10.2. The number of methoxy groups -OCH3 is 1. The van der Waals surface area contributed by atoms with Crippen LogP contribution >= 0.6 is 12.6 Å². The fourth-order valence-corrected chi connectivity index (χ4v) is 5.19. The number of benzene rings is 2. The zero-order valence-corrected chi connectivity index (χ0v) is 22.4. The molecule has 0 amide bonds. The summed E-state index contributed by atoms with van der Waals surface area (Å²) in [5, 5.41) is 7.12. The van der Waals surface area contributed by atoms with Crippen molar-refractivity contribution in [3.63, 3.8) is 0 Å². The van der Waals surface area contributed by atoms with E-state index >= 15 is 0 Å². The summed E-state index contributed by atoms with van der Waals surface area (Å²) < 4.78 is 12.0. The van der Waals surface area contributed by atoms with Crippen molar-refractivity contribution >= 4 is 18.3 Å². The third-order valence-corrected chi connectivity index (χ3v) is 7.41. The number of aryl methyl sites for hydroxylation is 1. The summed E-state index contributed by atoms with van der Waals surface area (Å²) in [6.07, 6.45) is 9.09. The highest BCUT2D eigenvalue weighted by Gasteiger charge is 2.24. The molecule has 2 aliphatic heterocycles. The molecule has 0 spiro atoms. The topological polar surface area (TPSA) is 45.8 Å². The first-order chi connectivity index (χ1) is 17.3. The minimum absolute atomic E-state index is 0.0443. The number of anilines is 1. The summed E-state index contributed by atoms with van der Waals surface area (Å²) in [6, 6.07) is 15.5. The van der Waals surface area contributed by atoms with Gasteiger partial charge < -0.3 is 19.7 Å². The summed E-state index contributed by atoms with van der Waals surface area (Å²) in [7, 11) is 1.81. The van der Waals surface area contributed by atoms with E-state index in [-0.39, 0.29) is 6.23 Å². The lowest BCUT2D eigenvalue weighted by Crippen LogP contribution is -2.35. The van der Waals surface area contributed by atoms with Crippen LogP contribution in [0.3, 0.4) is 0 Å². The lowest BCUT2D eigenvalue weighted by molar-refractivity contribution is 0.0681. The Morgan fingerprint density at radius 2 is 1.86 bits per heavy atom. The number of hydrogen-bond acceptors (Lipinski definition) is 6. The van der Waals surface area contributed by atoms with Gasteiger partial charge in [-0.1, -0.05) is 24.3 Å². The molecule has 5 rings (SSSR count). The van der Waals surface area contributed by atoms with E-state index in [0.717, 1.165) is 63.3 Å². The predicted molar refractivity (Wildman–Crippen MR) is 149 cm³/mol. The molecule has 6 heteroatoms. The second kappa shape index (κ2) is 13.5. The summed E-state index contributed by atoms with van der Waals surface area (Å²) >= 11 is 3.53. The Morgan fingerprint density at radius 3 is 2.63 bits per heavy atom. The van der Waals surface area contributed by atoms with Gasteiger partial charge in [0.2, 0.25) is 0 Å². The van der Waals surface area contributed by atoms with Crippen LogP contribution in [0.2, 0.25) is 0 Å². The average molecular weight is 498 g/mol. The first kappa shape index (κ1) is 26.3. The molecular weight excluding hydrogens is 454 g/mol. The average Bonchev–Trinajstić information content (AvgIpc) is 3.75. The third-order valence-electron chi connectivity index (χ3n) is 7.41. The molecule has 35 heavy (non-hydrogen) atoms. The minimum Gasteiger partial charge on any atom is -0.493 e. The van der Waals surface area contributed by atoms with Crippen molar-refractivity contribution in [2.75, 3.05) is 51.1 Å². The van der Waals surface area contributed by atoms with Gasteiger partial charge in [-0.2, -0.15) is 12.6 Å². The fourth-order valence-electron chi connectivity index (χ4n) is 5.19. The molecule has 1 atom stereocenters. The van der Waals surface area contributed by atoms with Crippen molar-refractivity contribution in [1.82, 2.24) is 10.6 Å². The SMILES string of the molecule is COC(NCC1CCNCC1)c1ccc2c(c1)CCCN2Cc1ccccc1OCC1CC1.CS. The second-order valence-corrected chi connectivity index (χ2v) is 9.99.